The van der Waals surface area contributed by atoms with E-state index in [1.807, 2.05) is 24.4 Å². The summed E-state index contributed by atoms with van der Waals surface area (Å²) in [4.78, 5) is 6.87. The molecule has 4 nitrogen and oxygen atoms in total. The molecule has 0 aliphatic heterocycles. The number of aromatic amines is 1. The molecule has 7 heteroatoms. The number of thiophene rings is 1. The van der Waals surface area contributed by atoms with Crippen LogP contribution in [0.5, 0.6) is 0 Å². The highest BCUT2D eigenvalue weighted by Crippen LogP contribution is 2.35. The van der Waals surface area contributed by atoms with Crippen LogP contribution in [-0.4, -0.2) is 15.2 Å². The van der Waals surface area contributed by atoms with E-state index in [2.05, 4.69) is 15.2 Å². The maximum atomic E-state index is 5.30. The molecule has 0 amide bonds. The number of aryl methyl sites for hydroxylation is 1. The summed E-state index contributed by atoms with van der Waals surface area (Å²) in [5.74, 6) is 0.507. The van der Waals surface area contributed by atoms with Crippen molar-refractivity contribution in [3.63, 3.8) is 0 Å². The molecule has 86 valence electrons. The minimum Gasteiger partial charge on any atom is -0.408 e. The molecule has 0 saturated heterocycles. The average Bonchev–Trinajstić information content (AvgIpc) is 2.97. The van der Waals surface area contributed by atoms with Gasteiger partial charge >= 0.3 is 0 Å². The van der Waals surface area contributed by atoms with E-state index in [1.54, 1.807) is 22.7 Å². The van der Waals surface area contributed by atoms with Crippen LogP contribution in [0, 0.1) is 11.8 Å². The quantitative estimate of drug-likeness (QED) is 0.724. The first kappa shape index (κ1) is 10.8. The van der Waals surface area contributed by atoms with Crippen LogP contribution in [-0.2, 0) is 0 Å². The first-order chi connectivity index (χ1) is 8.24. The average molecular weight is 281 g/mol. The molecule has 0 aliphatic carbocycles. The molecule has 0 bridgehead atoms. The van der Waals surface area contributed by atoms with E-state index in [-0.39, 0.29) is 4.84 Å². The molecule has 0 aromatic carbocycles. The Labute approximate surface area is 110 Å². The smallest absolute Gasteiger partial charge is 0.284 e. The lowest BCUT2D eigenvalue weighted by molar-refractivity contribution is 0.553. The van der Waals surface area contributed by atoms with Crippen molar-refractivity contribution in [1.29, 1.82) is 0 Å². The fourth-order valence-electron chi connectivity index (χ4n) is 1.43. The molecule has 0 atom stereocenters. The molecule has 1 N–H and O–H groups in total. The van der Waals surface area contributed by atoms with Gasteiger partial charge in [0, 0.05) is 0 Å². The lowest BCUT2D eigenvalue weighted by Crippen LogP contribution is -1.77. The van der Waals surface area contributed by atoms with Gasteiger partial charge in [0.15, 0.2) is 0 Å². The van der Waals surface area contributed by atoms with Crippen LogP contribution in [0.1, 0.15) is 5.69 Å². The third-order valence-corrected chi connectivity index (χ3v) is 4.52. The second-order valence-electron chi connectivity index (χ2n) is 3.33. The van der Waals surface area contributed by atoms with Crippen LogP contribution < -0.4 is 0 Å². The lowest BCUT2D eigenvalue weighted by Gasteiger charge is -1.86. The van der Waals surface area contributed by atoms with E-state index in [1.165, 1.54) is 0 Å². The molecular formula is C10H7N3OS3. The van der Waals surface area contributed by atoms with Crippen LogP contribution in [0.2, 0.25) is 0 Å². The molecule has 0 aliphatic rings. The second-order valence-corrected chi connectivity index (χ2v) is 5.65. The van der Waals surface area contributed by atoms with Crippen molar-refractivity contribution >= 4 is 34.9 Å². The number of H-pyrrole nitrogens is 1. The summed E-state index contributed by atoms with van der Waals surface area (Å²) >= 11 is 8.09. The molecule has 0 saturated carbocycles. The topological polar surface area (TPSA) is 54.7 Å². The highest BCUT2D eigenvalue weighted by Gasteiger charge is 2.15. The molecule has 0 unspecified atom stereocenters. The van der Waals surface area contributed by atoms with E-state index in [9.17, 15) is 0 Å². The third kappa shape index (κ3) is 1.97. The monoisotopic (exact) mass is 281 g/mol. The van der Waals surface area contributed by atoms with Crippen molar-refractivity contribution in [2.75, 3.05) is 0 Å². The van der Waals surface area contributed by atoms with Crippen LogP contribution in [0.3, 0.4) is 0 Å². The van der Waals surface area contributed by atoms with Gasteiger partial charge in [0.05, 0.1) is 10.6 Å². The predicted molar refractivity (Wildman–Crippen MR) is 70.8 cm³/mol. The molecule has 3 rings (SSSR count). The van der Waals surface area contributed by atoms with E-state index < -0.39 is 0 Å². The fraction of sp³-hybridized carbons (Fsp3) is 0.100. The molecule has 3 heterocycles. The summed E-state index contributed by atoms with van der Waals surface area (Å²) in [6.07, 6.45) is 0. The first-order valence-corrected chi connectivity index (χ1v) is 6.91. The Morgan fingerprint density at radius 1 is 1.47 bits per heavy atom. The minimum atomic E-state index is 0.283. The highest BCUT2D eigenvalue weighted by atomic mass is 32.1. The molecule has 0 radical (unpaired) electrons. The number of nitrogens with zero attached hydrogens (tertiary/aromatic N) is 2. The molecule has 3 aromatic heterocycles. The van der Waals surface area contributed by atoms with Crippen LogP contribution in [0.4, 0.5) is 0 Å². The Morgan fingerprint density at radius 3 is 3.00 bits per heavy atom. The summed E-state index contributed by atoms with van der Waals surface area (Å²) in [6.45, 7) is 1.94. The zero-order valence-corrected chi connectivity index (χ0v) is 11.2. The summed E-state index contributed by atoms with van der Waals surface area (Å²) < 4.78 is 5.30. The standard InChI is InChI=1S/C10H7N3OS3/c1-5-7(8-12-13-10(15)14-8)17-9(11-5)6-3-2-4-16-6/h2-4H,1H3,(H,13,15). The van der Waals surface area contributed by atoms with Gasteiger partial charge in [-0.2, -0.15) is 0 Å². The number of hydrogen-bond donors (Lipinski definition) is 1. The number of hydrogen-bond acceptors (Lipinski definition) is 6. The van der Waals surface area contributed by atoms with Gasteiger partial charge < -0.3 is 4.42 Å². The Morgan fingerprint density at radius 2 is 2.35 bits per heavy atom. The van der Waals surface area contributed by atoms with Gasteiger partial charge in [0.25, 0.3) is 10.7 Å². The van der Waals surface area contributed by atoms with Crippen LogP contribution in [0.15, 0.2) is 21.9 Å². The Kier molecular flexibility index (Phi) is 2.65. The van der Waals surface area contributed by atoms with Gasteiger partial charge in [-0.15, -0.1) is 27.8 Å². The largest absolute Gasteiger partial charge is 0.408 e. The van der Waals surface area contributed by atoms with E-state index in [0.29, 0.717) is 5.89 Å². The molecular weight excluding hydrogens is 274 g/mol. The normalized spacial score (nSPS) is 10.9. The van der Waals surface area contributed by atoms with E-state index in [0.717, 1.165) is 20.5 Å². The summed E-state index contributed by atoms with van der Waals surface area (Å²) in [6, 6.07) is 4.06. The van der Waals surface area contributed by atoms with E-state index in [4.69, 9.17) is 16.6 Å². The van der Waals surface area contributed by atoms with Crippen molar-refractivity contribution in [1.82, 2.24) is 15.2 Å². The maximum Gasteiger partial charge on any atom is 0.284 e. The highest BCUT2D eigenvalue weighted by molar-refractivity contribution is 7.71. The van der Waals surface area contributed by atoms with Gasteiger partial charge in [0.2, 0.25) is 0 Å². The molecule has 0 spiro atoms. The SMILES string of the molecule is Cc1nc(-c2cccs2)sc1-c1n[nH]c(=S)o1. The number of nitrogens with one attached hydrogen (secondary N) is 1. The molecule has 0 fully saturated rings. The fourth-order valence-corrected chi connectivity index (χ4v) is 3.34. The molecule has 17 heavy (non-hydrogen) atoms. The summed E-state index contributed by atoms with van der Waals surface area (Å²) in [5, 5.41) is 9.65. The van der Waals surface area contributed by atoms with Gasteiger partial charge in [-0.25, -0.2) is 10.1 Å². The number of aromatic nitrogens is 3. The third-order valence-electron chi connectivity index (χ3n) is 2.16. The lowest BCUT2D eigenvalue weighted by atomic mass is 10.4. The summed E-state index contributed by atoms with van der Waals surface area (Å²) in [7, 11) is 0. The Hall–Kier alpha value is -1.31. The first-order valence-electron chi connectivity index (χ1n) is 4.81. The van der Waals surface area contributed by atoms with Crippen molar-refractivity contribution in [2.24, 2.45) is 0 Å². The van der Waals surface area contributed by atoms with Crippen molar-refractivity contribution < 1.29 is 4.42 Å². The minimum absolute atomic E-state index is 0.283. The maximum absolute atomic E-state index is 5.30. The molecule has 3 aromatic rings. The Balaban J connectivity index is 2.10. The summed E-state index contributed by atoms with van der Waals surface area (Å²) in [5.41, 5.74) is 0.906. The van der Waals surface area contributed by atoms with Gasteiger partial charge in [-0.3, -0.25) is 0 Å². The van der Waals surface area contributed by atoms with Gasteiger partial charge in [-0.05, 0) is 30.6 Å². The van der Waals surface area contributed by atoms with Crippen molar-refractivity contribution in [2.45, 2.75) is 6.92 Å². The van der Waals surface area contributed by atoms with Crippen LogP contribution >= 0.6 is 34.9 Å². The van der Waals surface area contributed by atoms with Gasteiger partial charge in [-0.1, -0.05) is 6.07 Å². The zero-order valence-electron chi connectivity index (χ0n) is 8.76. The number of rotatable bonds is 2. The zero-order chi connectivity index (χ0) is 11.8. The van der Waals surface area contributed by atoms with Crippen molar-refractivity contribution in [3.8, 4) is 20.7 Å². The predicted octanol–water partition coefficient (Wildman–Crippen LogP) is 3.89. The Bertz CT molecular complexity index is 693. The van der Waals surface area contributed by atoms with Crippen LogP contribution in [0.25, 0.3) is 20.7 Å². The van der Waals surface area contributed by atoms with E-state index >= 15 is 0 Å². The number of thiazole rings is 1. The second kappa shape index (κ2) is 4.17. The van der Waals surface area contributed by atoms with Gasteiger partial charge in [0.1, 0.15) is 9.88 Å². The van der Waals surface area contributed by atoms with Crippen molar-refractivity contribution in [3.05, 3.63) is 28.0 Å².